The minimum absolute atomic E-state index is 0.0570. The molecule has 0 spiro atoms. The van der Waals surface area contributed by atoms with E-state index < -0.39 is 45.4 Å². The summed E-state index contributed by atoms with van der Waals surface area (Å²) in [5.41, 5.74) is 0.709. The van der Waals surface area contributed by atoms with Gasteiger partial charge in [0.05, 0.1) is 12.9 Å². The van der Waals surface area contributed by atoms with E-state index in [-0.39, 0.29) is 13.0 Å². The number of ether oxygens (including phenoxy) is 2. The molecule has 0 aliphatic carbocycles. The number of hydrogen-bond acceptors (Lipinski definition) is 7. The van der Waals surface area contributed by atoms with Gasteiger partial charge in [-0.15, -0.1) is 0 Å². The third-order valence-electron chi connectivity index (χ3n) is 6.94. The number of rotatable bonds is 9. The van der Waals surface area contributed by atoms with E-state index in [1.54, 1.807) is 6.92 Å². The molecule has 208 valence electrons. The van der Waals surface area contributed by atoms with E-state index in [1.807, 2.05) is 91.0 Å². The third-order valence-corrected chi connectivity index (χ3v) is 7.54. The number of aromatic nitrogens is 2. The zero-order valence-corrected chi connectivity index (χ0v) is 22.9. The Labute approximate surface area is 232 Å². The molecule has 10 heteroatoms. The molecule has 5 rings (SSSR count). The molecule has 3 atom stereocenters. The van der Waals surface area contributed by atoms with Crippen molar-refractivity contribution in [2.75, 3.05) is 12.9 Å². The van der Waals surface area contributed by atoms with Gasteiger partial charge in [-0.05, 0) is 23.6 Å². The SMILES string of the molecule is Cc1cn([C@H]2CC(OS(C)(=O)=O)[C@@H](COC(c3ccccc3)(c3ccccc3)c3ccccc3)O2)c(=O)[nH]c1=O. The molecule has 1 aliphatic rings. The van der Waals surface area contributed by atoms with E-state index in [4.69, 9.17) is 13.7 Å². The summed E-state index contributed by atoms with van der Waals surface area (Å²) in [6, 6.07) is 29.2. The molecule has 0 amide bonds. The van der Waals surface area contributed by atoms with Gasteiger partial charge in [-0.1, -0.05) is 91.0 Å². The van der Waals surface area contributed by atoms with E-state index in [2.05, 4.69) is 4.98 Å². The summed E-state index contributed by atoms with van der Waals surface area (Å²) in [4.78, 5) is 26.8. The molecule has 0 radical (unpaired) electrons. The first-order chi connectivity index (χ1) is 19.2. The minimum Gasteiger partial charge on any atom is -0.358 e. The second kappa shape index (κ2) is 11.3. The third kappa shape index (κ3) is 5.71. The summed E-state index contributed by atoms with van der Waals surface area (Å²) < 4.78 is 44.0. The van der Waals surface area contributed by atoms with Gasteiger partial charge < -0.3 is 9.47 Å². The van der Waals surface area contributed by atoms with Crippen LogP contribution in [0.15, 0.2) is 107 Å². The predicted molar refractivity (Wildman–Crippen MR) is 149 cm³/mol. The summed E-state index contributed by atoms with van der Waals surface area (Å²) in [5, 5.41) is 0. The van der Waals surface area contributed by atoms with Crippen molar-refractivity contribution < 1.29 is 22.1 Å². The lowest BCUT2D eigenvalue weighted by Crippen LogP contribution is -2.39. The summed E-state index contributed by atoms with van der Waals surface area (Å²) in [7, 11) is -3.86. The molecule has 1 saturated heterocycles. The van der Waals surface area contributed by atoms with Crippen molar-refractivity contribution in [3.05, 3.63) is 140 Å². The van der Waals surface area contributed by atoms with Gasteiger partial charge in [0.25, 0.3) is 15.7 Å². The van der Waals surface area contributed by atoms with Crippen molar-refractivity contribution in [1.29, 1.82) is 0 Å². The van der Waals surface area contributed by atoms with E-state index in [1.165, 1.54) is 10.8 Å². The molecule has 1 aliphatic heterocycles. The van der Waals surface area contributed by atoms with Crippen LogP contribution in [0.1, 0.15) is 34.9 Å². The van der Waals surface area contributed by atoms with Gasteiger partial charge in [0.2, 0.25) is 0 Å². The molecular weight excluding hydrogens is 532 g/mol. The molecule has 9 nitrogen and oxygen atoms in total. The Hall–Kier alpha value is -3.83. The van der Waals surface area contributed by atoms with Crippen LogP contribution in [0.25, 0.3) is 0 Å². The second-order valence-corrected chi connectivity index (χ2v) is 11.4. The number of hydrogen-bond donors (Lipinski definition) is 1. The first-order valence-corrected chi connectivity index (χ1v) is 14.7. The van der Waals surface area contributed by atoms with Gasteiger partial charge in [-0.2, -0.15) is 8.42 Å². The topological polar surface area (TPSA) is 117 Å². The maximum absolute atomic E-state index is 12.6. The number of benzene rings is 3. The summed E-state index contributed by atoms with van der Waals surface area (Å²) in [6.07, 6.45) is -0.232. The highest BCUT2D eigenvalue weighted by Crippen LogP contribution is 2.42. The summed E-state index contributed by atoms with van der Waals surface area (Å²) in [5.74, 6) is 0. The molecule has 1 fully saturated rings. The smallest absolute Gasteiger partial charge is 0.330 e. The summed E-state index contributed by atoms with van der Waals surface area (Å²) >= 11 is 0. The van der Waals surface area contributed by atoms with Gasteiger partial charge >= 0.3 is 5.69 Å². The van der Waals surface area contributed by atoms with E-state index in [9.17, 15) is 18.0 Å². The Bertz CT molecular complexity index is 1570. The van der Waals surface area contributed by atoms with E-state index in [0.29, 0.717) is 5.56 Å². The van der Waals surface area contributed by atoms with Crippen molar-refractivity contribution in [3.8, 4) is 0 Å². The predicted octanol–water partition coefficient (Wildman–Crippen LogP) is 3.49. The highest BCUT2D eigenvalue weighted by molar-refractivity contribution is 7.86. The zero-order chi connectivity index (χ0) is 28.3. The van der Waals surface area contributed by atoms with Crippen molar-refractivity contribution in [3.63, 3.8) is 0 Å². The average molecular weight is 563 g/mol. The number of nitrogens with zero attached hydrogens (tertiary/aromatic N) is 1. The summed E-state index contributed by atoms with van der Waals surface area (Å²) in [6.45, 7) is 1.51. The fourth-order valence-electron chi connectivity index (χ4n) is 5.12. The van der Waals surface area contributed by atoms with Crippen molar-refractivity contribution in [2.45, 2.75) is 37.4 Å². The van der Waals surface area contributed by atoms with Crippen LogP contribution in [0.4, 0.5) is 0 Å². The quantitative estimate of drug-likeness (QED) is 0.245. The Morgan fingerprint density at radius 2 is 1.40 bits per heavy atom. The van der Waals surface area contributed by atoms with Crippen LogP contribution >= 0.6 is 0 Å². The first kappa shape index (κ1) is 27.7. The number of H-pyrrole nitrogens is 1. The van der Waals surface area contributed by atoms with Crippen LogP contribution in [-0.2, 0) is 29.4 Å². The second-order valence-electron chi connectivity index (χ2n) is 9.77. The lowest BCUT2D eigenvalue weighted by Gasteiger charge is -2.37. The molecule has 0 saturated carbocycles. The van der Waals surface area contributed by atoms with Gasteiger partial charge in [-0.25, -0.2) is 4.79 Å². The Morgan fingerprint density at radius 3 is 1.88 bits per heavy atom. The molecule has 1 N–H and O–H groups in total. The fraction of sp³-hybridized carbons (Fsp3) is 0.267. The van der Waals surface area contributed by atoms with Crippen LogP contribution in [0.3, 0.4) is 0 Å². The zero-order valence-electron chi connectivity index (χ0n) is 22.1. The van der Waals surface area contributed by atoms with E-state index >= 15 is 0 Å². The van der Waals surface area contributed by atoms with Crippen LogP contribution < -0.4 is 11.2 Å². The van der Waals surface area contributed by atoms with Crippen LogP contribution in [0, 0.1) is 6.92 Å². The number of nitrogens with one attached hydrogen (secondary N) is 1. The average Bonchev–Trinajstić information content (AvgIpc) is 3.33. The Morgan fingerprint density at radius 1 is 0.900 bits per heavy atom. The maximum atomic E-state index is 12.6. The lowest BCUT2D eigenvalue weighted by atomic mass is 9.80. The molecule has 1 unspecified atom stereocenters. The molecule has 2 heterocycles. The monoisotopic (exact) mass is 562 g/mol. The number of aryl methyl sites for hydroxylation is 1. The van der Waals surface area contributed by atoms with Gasteiger partial charge in [0.1, 0.15) is 24.0 Å². The van der Waals surface area contributed by atoms with Crippen molar-refractivity contribution >= 4 is 10.1 Å². The highest BCUT2D eigenvalue weighted by Gasteiger charge is 2.44. The molecule has 4 aromatic rings. The maximum Gasteiger partial charge on any atom is 0.330 e. The van der Waals surface area contributed by atoms with Crippen LogP contribution in [0.2, 0.25) is 0 Å². The van der Waals surface area contributed by atoms with Crippen molar-refractivity contribution in [1.82, 2.24) is 9.55 Å². The van der Waals surface area contributed by atoms with Crippen LogP contribution in [-0.4, -0.2) is 43.0 Å². The lowest BCUT2D eigenvalue weighted by molar-refractivity contribution is -0.0910. The Balaban J connectivity index is 1.56. The van der Waals surface area contributed by atoms with Gasteiger partial charge in [0, 0.05) is 18.2 Å². The van der Waals surface area contributed by atoms with Crippen molar-refractivity contribution in [2.24, 2.45) is 0 Å². The minimum atomic E-state index is -3.86. The normalized spacial score (nSPS) is 19.5. The first-order valence-electron chi connectivity index (χ1n) is 12.8. The Kier molecular flexibility index (Phi) is 7.86. The molecule has 40 heavy (non-hydrogen) atoms. The molecule has 3 aromatic carbocycles. The van der Waals surface area contributed by atoms with Gasteiger partial charge in [-0.3, -0.25) is 18.5 Å². The molecule has 1 aromatic heterocycles. The van der Waals surface area contributed by atoms with E-state index in [0.717, 1.165) is 22.9 Å². The molecule has 0 bridgehead atoms. The molecular formula is C30H30N2O7S. The van der Waals surface area contributed by atoms with Crippen LogP contribution in [0.5, 0.6) is 0 Å². The highest BCUT2D eigenvalue weighted by atomic mass is 32.2. The number of aromatic amines is 1. The standard InChI is InChI=1S/C30H30N2O7S/c1-21-19-32(29(34)31-28(21)33)27-18-25(39-40(2,35)36)26(38-27)20-37-30(22-12-6-3-7-13-22,23-14-8-4-9-15-23)24-16-10-5-11-17-24/h3-17,19,25-27H,18,20H2,1-2H3,(H,31,33,34)/t25?,26-,27-/m1/s1. The van der Waals surface area contributed by atoms with Gasteiger partial charge in [0.15, 0.2) is 0 Å². The fourth-order valence-corrected chi connectivity index (χ4v) is 5.77. The largest absolute Gasteiger partial charge is 0.358 e.